The van der Waals surface area contributed by atoms with Crippen LogP contribution in [0.1, 0.15) is 0 Å². The third-order valence-corrected chi connectivity index (χ3v) is 3.60. The van der Waals surface area contributed by atoms with Gasteiger partial charge in [-0.1, -0.05) is 18.2 Å². The van der Waals surface area contributed by atoms with E-state index < -0.39 is 6.03 Å². The number of benzene rings is 2. The van der Waals surface area contributed by atoms with Crippen molar-refractivity contribution in [2.75, 3.05) is 19.5 Å². The highest BCUT2D eigenvalue weighted by atomic mass is 16.5. The second-order valence-electron chi connectivity index (χ2n) is 5.27. The van der Waals surface area contributed by atoms with Crippen LogP contribution in [0.2, 0.25) is 0 Å². The van der Waals surface area contributed by atoms with Gasteiger partial charge in [0.15, 0.2) is 0 Å². The molecule has 2 aromatic carbocycles. The van der Waals surface area contributed by atoms with E-state index in [1.165, 1.54) is 13.3 Å². The molecule has 26 heavy (non-hydrogen) atoms. The molecule has 2 amide bonds. The highest BCUT2D eigenvalue weighted by molar-refractivity contribution is 5.91. The van der Waals surface area contributed by atoms with Crippen molar-refractivity contribution >= 4 is 11.7 Å². The van der Waals surface area contributed by atoms with Gasteiger partial charge in [-0.25, -0.2) is 9.48 Å². The minimum Gasteiger partial charge on any atom is -0.497 e. The van der Waals surface area contributed by atoms with Crippen molar-refractivity contribution in [3.05, 3.63) is 72.3 Å². The van der Waals surface area contributed by atoms with Crippen molar-refractivity contribution in [2.45, 2.75) is 0 Å². The first-order chi connectivity index (χ1) is 12.7. The molecule has 0 aliphatic heterocycles. The van der Waals surface area contributed by atoms with Crippen LogP contribution in [0.3, 0.4) is 0 Å². The molecular formula is C19H18N4O3. The Morgan fingerprint density at radius 1 is 1.08 bits per heavy atom. The first kappa shape index (κ1) is 17.2. The number of anilines is 1. The lowest BCUT2D eigenvalue weighted by Gasteiger charge is -2.10. The van der Waals surface area contributed by atoms with E-state index in [1.54, 1.807) is 42.3 Å². The number of amides is 2. The van der Waals surface area contributed by atoms with Gasteiger partial charge in [-0.3, -0.25) is 0 Å². The van der Waals surface area contributed by atoms with Crippen LogP contribution in [-0.2, 0) is 0 Å². The minimum absolute atomic E-state index is 0.441. The van der Waals surface area contributed by atoms with Gasteiger partial charge in [0.05, 0.1) is 37.1 Å². The quantitative estimate of drug-likeness (QED) is 0.784. The molecule has 0 atom stereocenters. The Morgan fingerprint density at radius 3 is 2.54 bits per heavy atom. The fourth-order valence-corrected chi connectivity index (χ4v) is 2.32. The second kappa shape index (κ2) is 7.98. The van der Waals surface area contributed by atoms with Crippen LogP contribution < -0.4 is 20.1 Å². The summed E-state index contributed by atoms with van der Waals surface area (Å²) in [6, 6.07) is 16.0. The van der Waals surface area contributed by atoms with Gasteiger partial charge in [-0.2, -0.15) is 10.1 Å². The summed E-state index contributed by atoms with van der Waals surface area (Å²) in [6.07, 6.45) is 3.27. The summed E-state index contributed by atoms with van der Waals surface area (Å²) in [7, 11) is 3.08. The van der Waals surface area contributed by atoms with Gasteiger partial charge in [0.1, 0.15) is 11.5 Å². The number of para-hydroxylation sites is 1. The van der Waals surface area contributed by atoms with Crippen LogP contribution in [0, 0.1) is 0 Å². The van der Waals surface area contributed by atoms with Gasteiger partial charge < -0.3 is 14.8 Å². The normalized spacial score (nSPS) is 11.1. The molecular weight excluding hydrogens is 332 g/mol. The van der Waals surface area contributed by atoms with Gasteiger partial charge in [0.25, 0.3) is 0 Å². The van der Waals surface area contributed by atoms with Crippen LogP contribution in [0.5, 0.6) is 11.5 Å². The SMILES string of the molecule is COc1ccc(OC)c(NC(=O)N=c2ccn(-c3ccccc3)nc2)c1. The van der Waals surface area contributed by atoms with E-state index in [9.17, 15) is 4.79 Å². The average Bonchev–Trinajstić information content (AvgIpc) is 2.69. The van der Waals surface area contributed by atoms with Gasteiger partial charge in [-0.05, 0) is 30.3 Å². The fraction of sp³-hybridized carbons (Fsp3) is 0.105. The zero-order valence-electron chi connectivity index (χ0n) is 14.4. The van der Waals surface area contributed by atoms with Crippen LogP contribution >= 0.6 is 0 Å². The fourth-order valence-electron chi connectivity index (χ4n) is 2.32. The van der Waals surface area contributed by atoms with E-state index in [1.807, 2.05) is 30.3 Å². The minimum atomic E-state index is -0.532. The first-order valence-electron chi connectivity index (χ1n) is 7.88. The smallest absolute Gasteiger partial charge is 0.346 e. The molecule has 7 heteroatoms. The molecule has 0 saturated heterocycles. The summed E-state index contributed by atoms with van der Waals surface area (Å²) in [4.78, 5) is 16.2. The molecule has 7 nitrogen and oxygen atoms in total. The molecule has 0 fully saturated rings. The zero-order chi connectivity index (χ0) is 18.4. The molecule has 0 spiro atoms. The maximum Gasteiger partial charge on any atom is 0.346 e. The Kier molecular flexibility index (Phi) is 5.28. The average molecular weight is 350 g/mol. The van der Waals surface area contributed by atoms with E-state index in [-0.39, 0.29) is 0 Å². The van der Waals surface area contributed by atoms with E-state index in [4.69, 9.17) is 9.47 Å². The van der Waals surface area contributed by atoms with Crippen molar-refractivity contribution in [2.24, 2.45) is 4.99 Å². The molecule has 1 aromatic heterocycles. The standard InChI is InChI=1S/C19H18N4O3/c1-25-16-8-9-18(26-2)17(12-16)22-19(24)21-14-10-11-23(20-13-14)15-6-4-3-5-7-15/h3-13H,1-2H3,(H,22,24). The first-order valence-corrected chi connectivity index (χ1v) is 7.88. The number of carbonyl (C=O) groups is 1. The zero-order valence-corrected chi connectivity index (χ0v) is 14.4. The summed E-state index contributed by atoms with van der Waals surface area (Å²) in [5, 5.41) is 7.40. The Morgan fingerprint density at radius 2 is 1.88 bits per heavy atom. The summed E-state index contributed by atoms with van der Waals surface area (Å²) in [5.74, 6) is 1.12. The summed E-state index contributed by atoms with van der Waals surface area (Å²) >= 11 is 0. The number of hydrogen-bond acceptors (Lipinski definition) is 4. The van der Waals surface area contributed by atoms with E-state index in [0.717, 1.165) is 5.69 Å². The van der Waals surface area contributed by atoms with Gasteiger partial charge >= 0.3 is 6.03 Å². The lowest BCUT2D eigenvalue weighted by molar-refractivity contribution is 0.259. The Labute approximate surface area is 150 Å². The van der Waals surface area contributed by atoms with Crippen molar-refractivity contribution in [3.8, 4) is 17.2 Å². The van der Waals surface area contributed by atoms with Crippen LogP contribution in [0.25, 0.3) is 5.69 Å². The van der Waals surface area contributed by atoms with Crippen molar-refractivity contribution in [1.29, 1.82) is 0 Å². The van der Waals surface area contributed by atoms with Crippen LogP contribution in [0.4, 0.5) is 10.5 Å². The lowest BCUT2D eigenvalue weighted by Crippen LogP contribution is -2.15. The highest BCUT2D eigenvalue weighted by Gasteiger charge is 2.08. The molecule has 0 saturated carbocycles. The molecule has 3 aromatic rings. The Balaban J connectivity index is 1.79. The second-order valence-corrected chi connectivity index (χ2v) is 5.27. The number of rotatable bonds is 4. The molecule has 0 aliphatic rings. The number of nitrogens with one attached hydrogen (secondary N) is 1. The predicted molar refractivity (Wildman–Crippen MR) is 97.7 cm³/mol. The number of nitrogens with zero attached hydrogens (tertiary/aromatic N) is 3. The summed E-state index contributed by atoms with van der Waals surface area (Å²) < 4.78 is 12.1. The van der Waals surface area contributed by atoms with Crippen molar-refractivity contribution in [3.63, 3.8) is 0 Å². The number of hydrogen-bond donors (Lipinski definition) is 1. The van der Waals surface area contributed by atoms with E-state index >= 15 is 0 Å². The number of urea groups is 1. The van der Waals surface area contributed by atoms with Gasteiger partial charge in [0.2, 0.25) is 0 Å². The Bertz CT molecular complexity index is 948. The maximum atomic E-state index is 12.2. The van der Waals surface area contributed by atoms with Gasteiger partial charge in [0, 0.05) is 12.3 Å². The summed E-state index contributed by atoms with van der Waals surface area (Å²) in [5.41, 5.74) is 1.40. The van der Waals surface area contributed by atoms with Crippen LogP contribution in [-0.4, -0.2) is 30.0 Å². The molecule has 132 valence electrons. The van der Waals surface area contributed by atoms with Crippen molar-refractivity contribution in [1.82, 2.24) is 9.78 Å². The Hall–Kier alpha value is -3.61. The molecule has 0 bridgehead atoms. The molecule has 0 radical (unpaired) electrons. The number of methoxy groups -OCH3 is 2. The molecule has 3 rings (SSSR count). The highest BCUT2D eigenvalue weighted by Crippen LogP contribution is 2.28. The molecule has 1 N–H and O–H groups in total. The number of ether oxygens (including phenoxy) is 2. The van der Waals surface area contributed by atoms with Crippen LogP contribution in [0.15, 0.2) is 72.0 Å². The largest absolute Gasteiger partial charge is 0.497 e. The number of carbonyl (C=O) groups excluding carboxylic acids is 1. The predicted octanol–water partition coefficient (Wildman–Crippen LogP) is 3.02. The monoisotopic (exact) mass is 350 g/mol. The topological polar surface area (TPSA) is 77.7 Å². The lowest BCUT2D eigenvalue weighted by atomic mass is 10.2. The number of aromatic nitrogens is 2. The third kappa shape index (κ3) is 4.07. The maximum absolute atomic E-state index is 12.2. The third-order valence-electron chi connectivity index (χ3n) is 3.60. The van der Waals surface area contributed by atoms with E-state index in [0.29, 0.717) is 22.5 Å². The molecule has 1 heterocycles. The molecule has 0 unspecified atom stereocenters. The van der Waals surface area contributed by atoms with Gasteiger partial charge in [-0.15, -0.1) is 0 Å². The van der Waals surface area contributed by atoms with E-state index in [2.05, 4.69) is 15.4 Å². The summed E-state index contributed by atoms with van der Waals surface area (Å²) in [6.45, 7) is 0. The van der Waals surface area contributed by atoms with Crippen molar-refractivity contribution < 1.29 is 14.3 Å². The molecule has 0 aliphatic carbocycles.